The molecule has 1 atom stereocenters. The zero-order valence-electron chi connectivity index (χ0n) is 15.6. The van der Waals surface area contributed by atoms with E-state index in [2.05, 4.69) is 42.8 Å². The van der Waals surface area contributed by atoms with Gasteiger partial charge in [-0.15, -0.1) is 0 Å². The van der Waals surface area contributed by atoms with E-state index in [9.17, 15) is 4.79 Å². The third-order valence-electron chi connectivity index (χ3n) is 5.54. The first kappa shape index (κ1) is 17.2. The summed E-state index contributed by atoms with van der Waals surface area (Å²) in [6.07, 6.45) is 5.06. The summed E-state index contributed by atoms with van der Waals surface area (Å²) < 4.78 is 1.79. The van der Waals surface area contributed by atoms with Crippen LogP contribution in [0.5, 0.6) is 0 Å². The van der Waals surface area contributed by atoms with E-state index in [1.54, 1.807) is 10.8 Å². The highest BCUT2D eigenvalue weighted by Crippen LogP contribution is 2.19. The van der Waals surface area contributed by atoms with Crippen LogP contribution in [-0.2, 0) is 4.79 Å². The number of hydrogen-bond donors (Lipinski definition) is 0. The lowest BCUT2D eigenvalue weighted by atomic mass is 10.0. The second kappa shape index (κ2) is 7.19. The Morgan fingerprint density at radius 1 is 1.19 bits per heavy atom. The van der Waals surface area contributed by atoms with Gasteiger partial charge in [0.05, 0.1) is 6.54 Å². The van der Waals surface area contributed by atoms with Gasteiger partial charge in [0, 0.05) is 50.5 Å². The van der Waals surface area contributed by atoms with Crippen LogP contribution in [-0.4, -0.2) is 80.6 Å². The topological polar surface area (TPSA) is 69.9 Å². The van der Waals surface area contributed by atoms with Gasteiger partial charge < -0.3 is 9.80 Å². The summed E-state index contributed by atoms with van der Waals surface area (Å²) in [6.45, 7) is 9.11. The first-order valence-corrected chi connectivity index (χ1v) is 9.56. The summed E-state index contributed by atoms with van der Waals surface area (Å²) in [4.78, 5) is 27.9. The van der Waals surface area contributed by atoms with E-state index in [1.165, 1.54) is 6.42 Å². The lowest BCUT2D eigenvalue weighted by Gasteiger charge is -2.38. The quantitative estimate of drug-likeness (QED) is 0.815. The van der Waals surface area contributed by atoms with Gasteiger partial charge in [0.25, 0.3) is 5.78 Å². The van der Waals surface area contributed by atoms with E-state index >= 15 is 0 Å². The molecule has 1 unspecified atom stereocenters. The van der Waals surface area contributed by atoms with Crippen LogP contribution in [0.3, 0.4) is 0 Å². The maximum absolute atomic E-state index is 12.7. The number of carbonyl (C=O) groups excluding carboxylic acids is 1. The van der Waals surface area contributed by atoms with Gasteiger partial charge in [0.2, 0.25) is 5.91 Å². The molecule has 8 heteroatoms. The van der Waals surface area contributed by atoms with Crippen molar-refractivity contribution in [1.82, 2.24) is 29.4 Å². The number of nitrogens with zero attached hydrogens (tertiary/aromatic N) is 7. The molecule has 2 fully saturated rings. The highest BCUT2D eigenvalue weighted by Gasteiger charge is 2.27. The number of aryl methyl sites for hydroxylation is 1. The average Bonchev–Trinajstić information content (AvgIpc) is 3.10. The molecular weight excluding hydrogens is 330 g/mol. The lowest BCUT2D eigenvalue weighted by molar-refractivity contribution is -0.135. The predicted molar refractivity (Wildman–Crippen MR) is 99.2 cm³/mol. The normalized spacial score (nSPS) is 22.2. The number of piperidine rings is 1. The Balaban J connectivity index is 1.38. The lowest BCUT2D eigenvalue weighted by Crippen LogP contribution is -2.52. The van der Waals surface area contributed by atoms with Crippen LogP contribution >= 0.6 is 0 Å². The maximum Gasteiger partial charge on any atom is 0.254 e. The van der Waals surface area contributed by atoms with Crippen molar-refractivity contribution in [1.29, 1.82) is 0 Å². The zero-order valence-corrected chi connectivity index (χ0v) is 15.6. The first-order valence-electron chi connectivity index (χ1n) is 9.56. The number of rotatable bonds is 3. The van der Waals surface area contributed by atoms with Gasteiger partial charge in [-0.05, 0) is 33.1 Å². The summed E-state index contributed by atoms with van der Waals surface area (Å²) in [6, 6.07) is 2.44. The van der Waals surface area contributed by atoms with Crippen LogP contribution in [0.4, 0.5) is 5.82 Å². The van der Waals surface area contributed by atoms with Gasteiger partial charge in [0.1, 0.15) is 12.1 Å². The van der Waals surface area contributed by atoms with Crippen molar-refractivity contribution in [2.75, 3.05) is 44.2 Å². The SMILES string of the molecule is Cc1cc(N2CCN(CC(=O)N3CCCCC3C)CC2)n2ncnc2n1. The third kappa shape index (κ3) is 3.38. The molecule has 0 aromatic carbocycles. The van der Waals surface area contributed by atoms with Crippen molar-refractivity contribution >= 4 is 17.5 Å². The number of likely N-dealkylation sites (tertiary alicyclic amines) is 1. The summed E-state index contributed by atoms with van der Waals surface area (Å²) in [5.41, 5.74) is 0.942. The fraction of sp³-hybridized carbons (Fsp3) is 0.667. The van der Waals surface area contributed by atoms with E-state index < -0.39 is 0 Å². The Bertz CT molecular complexity index is 781. The molecule has 4 rings (SSSR count). The highest BCUT2D eigenvalue weighted by molar-refractivity contribution is 5.78. The molecule has 2 saturated heterocycles. The van der Waals surface area contributed by atoms with Crippen molar-refractivity contribution in [2.45, 2.75) is 39.2 Å². The fourth-order valence-corrected chi connectivity index (χ4v) is 4.02. The van der Waals surface area contributed by atoms with Gasteiger partial charge in [-0.1, -0.05) is 0 Å². The van der Waals surface area contributed by atoms with Crippen LogP contribution in [0.25, 0.3) is 5.78 Å². The van der Waals surface area contributed by atoms with Crippen molar-refractivity contribution in [3.05, 3.63) is 18.1 Å². The van der Waals surface area contributed by atoms with Crippen molar-refractivity contribution in [3.8, 4) is 0 Å². The maximum atomic E-state index is 12.7. The highest BCUT2D eigenvalue weighted by atomic mass is 16.2. The average molecular weight is 357 g/mol. The summed E-state index contributed by atoms with van der Waals surface area (Å²) in [5.74, 6) is 1.95. The molecule has 4 heterocycles. The molecule has 2 aliphatic rings. The van der Waals surface area contributed by atoms with Crippen molar-refractivity contribution in [2.24, 2.45) is 0 Å². The molecule has 0 N–H and O–H groups in total. The van der Waals surface area contributed by atoms with E-state index in [4.69, 9.17) is 0 Å². The number of aromatic nitrogens is 4. The number of carbonyl (C=O) groups is 1. The fourth-order valence-electron chi connectivity index (χ4n) is 4.02. The number of amides is 1. The Morgan fingerprint density at radius 3 is 2.77 bits per heavy atom. The third-order valence-corrected chi connectivity index (χ3v) is 5.54. The second-order valence-electron chi connectivity index (χ2n) is 7.42. The Hall–Kier alpha value is -2.22. The first-order chi connectivity index (χ1) is 12.6. The molecule has 1 amide bonds. The minimum absolute atomic E-state index is 0.282. The molecule has 0 aliphatic carbocycles. The molecule has 0 radical (unpaired) electrons. The van der Waals surface area contributed by atoms with E-state index in [0.717, 1.165) is 57.1 Å². The summed E-state index contributed by atoms with van der Waals surface area (Å²) in [5, 5.41) is 4.30. The molecule has 0 spiro atoms. The second-order valence-corrected chi connectivity index (χ2v) is 7.42. The largest absolute Gasteiger partial charge is 0.354 e. The number of fused-ring (bicyclic) bond motifs is 1. The van der Waals surface area contributed by atoms with Gasteiger partial charge in [0.15, 0.2) is 0 Å². The minimum atomic E-state index is 0.282. The standard InChI is InChI=1S/C18H27N7O/c1-14-11-16(25-18(21-14)19-13-20-25)23-9-7-22(8-10-23)12-17(26)24-6-4-3-5-15(24)2/h11,13,15H,3-10,12H2,1-2H3. The van der Waals surface area contributed by atoms with Crippen molar-refractivity contribution < 1.29 is 4.79 Å². The van der Waals surface area contributed by atoms with E-state index in [1.807, 2.05) is 6.92 Å². The molecule has 8 nitrogen and oxygen atoms in total. The van der Waals surface area contributed by atoms with Crippen LogP contribution in [0.2, 0.25) is 0 Å². The van der Waals surface area contributed by atoms with Crippen molar-refractivity contribution in [3.63, 3.8) is 0 Å². The molecular formula is C18H27N7O. The zero-order chi connectivity index (χ0) is 18.1. The Morgan fingerprint density at radius 2 is 2.00 bits per heavy atom. The Kier molecular flexibility index (Phi) is 4.76. The van der Waals surface area contributed by atoms with E-state index in [-0.39, 0.29) is 5.91 Å². The predicted octanol–water partition coefficient (Wildman–Crippen LogP) is 0.956. The number of hydrogen-bond acceptors (Lipinski definition) is 6. The van der Waals surface area contributed by atoms with Crippen LogP contribution in [0, 0.1) is 6.92 Å². The molecule has 2 aliphatic heterocycles. The smallest absolute Gasteiger partial charge is 0.254 e. The van der Waals surface area contributed by atoms with Gasteiger partial charge >= 0.3 is 0 Å². The van der Waals surface area contributed by atoms with Crippen LogP contribution < -0.4 is 4.90 Å². The molecule has 140 valence electrons. The van der Waals surface area contributed by atoms with Gasteiger partial charge in [-0.2, -0.15) is 14.6 Å². The number of piperazine rings is 1. The minimum Gasteiger partial charge on any atom is -0.354 e. The monoisotopic (exact) mass is 357 g/mol. The van der Waals surface area contributed by atoms with Crippen LogP contribution in [0.15, 0.2) is 12.4 Å². The molecule has 0 bridgehead atoms. The number of anilines is 1. The van der Waals surface area contributed by atoms with E-state index in [0.29, 0.717) is 18.4 Å². The van der Waals surface area contributed by atoms with Gasteiger partial charge in [-0.25, -0.2) is 4.98 Å². The molecule has 2 aromatic rings. The molecule has 26 heavy (non-hydrogen) atoms. The van der Waals surface area contributed by atoms with Gasteiger partial charge in [-0.3, -0.25) is 9.69 Å². The summed E-state index contributed by atoms with van der Waals surface area (Å²) in [7, 11) is 0. The molecule has 0 saturated carbocycles. The van der Waals surface area contributed by atoms with Crippen LogP contribution in [0.1, 0.15) is 31.9 Å². The summed E-state index contributed by atoms with van der Waals surface area (Å²) >= 11 is 0. The Labute approximate surface area is 153 Å². The molecule has 2 aromatic heterocycles.